The van der Waals surface area contributed by atoms with Gasteiger partial charge in [-0.15, -0.1) is 0 Å². The number of hydrogen-bond donors (Lipinski definition) is 2. The summed E-state index contributed by atoms with van der Waals surface area (Å²) < 4.78 is 0. The van der Waals surface area contributed by atoms with Crippen molar-refractivity contribution in [3.8, 4) is 0 Å². The van der Waals surface area contributed by atoms with E-state index in [1.54, 1.807) is 0 Å². The van der Waals surface area contributed by atoms with Gasteiger partial charge in [0, 0.05) is 12.1 Å². The molecule has 2 N–H and O–H groups in total. The summed E-state index contributed by atoms with van der Waals surface area (Å²) in [4.78, 5) is 22.8. The Morgan fingerprint density at radius 1 is 0.952 bits per heavy atom. The highest BCUT2D eigenvalue weighted by molar-refractivity contribution is 5.95. The number of carboxylic acid groups (broad SMARTS) is 1. The van der Waals surface area contributed by atoms with E-state index >= 15 is 0 Å². The molecule has 21 heavy (non-hydrogen) atoms. The van der Waals surface area contributed by atoms with Gasteiger partial charge >= 0.3 is 5.97 Å². The predicted molar refractivity (Wildman–Crippen MR) is 80.4 cm³/mol. The third kappa shape index (κ3) is 3.69. The monoisotopic (exact) mass is 283 g/mol. The summed E-state index contributed by atoms with van der Waals surface area (Å²) in [6.45, 7) is 2.54. The minimum atomic E-state index is -1.00. The van der Waals surface area contributed by atoms with Gasteiger partial charge in [0.15, 0.2) is 0 Å². The summed E-state index contributed by atoms with van der Waals surface area (Å²) >= 11 is 0. The van der Waals surface area contributed by atoms with Crippen molar-refractivity contribution in [3.63, 3.8) is 0 Å². The van der Waals surface area contributed by atoms with Gasteiger partial charge in [-0.25, -0.2) is 4.79 Å². The van der Waals surface area contributed by atoms with Crippen molar-refractivity contribution in [2.75, 3.05) is 0 Å². The van der Waals surface area contributed by atoms with Gasteiger partial charge in [0.2, 0.25) is 0 Å². The second kappa shape index (κ2) is 6.70. The quantitative estimate of drug-likeness (QED) is 0.886. The topological polar surface area (TPSA) is 66.4 Å². The normalized spacial score (nSPS) is 10.1. The largest absolute Gasteiger partial charge is 0.478 e. The summed E-state index contributed by atoms with van der Waals surface area (Å²) in [7, 11) is 0. The van der Waals surface area contributed by atoms with Gasteiger partial charge < -0.3 is 10.4 Å². The van der Waals surface area contributed by atoms with Crippen molar-refractivity contribution in [3.05, 3.63) is 70.8 Å². The van der Waals surface area contributed by atoms with Crippen LogP contribution in [0.2, 0.25) is 0 Å². The molecule has 4 heteroatoms. The van der Waals surface area contributed by atoms with E-state index in [-0.39, 0.29) is 11.5 Å². The summed E-state index contributed by atoms with van der Waals surface area (Å²) in [6.07, 6.45) is 0.916. The Hall–Kier alpha value is -2.62. The average molecular weight is 283 g/mol. The third-order valence-electron chi connectivity index (χ3n) is 3.33. The van der Waals surface area contributed by atoms with Crippen LogP contribution in [0.3, 0.4) is 0 Å². The maximum Gasteiger partial charge on any atom is 0.335 e. The fourth-order valence-corrected chi connectivity index (χ4v) is 2.12. The van der Waals surface area contributed by atoms with E-state index in [0.29, 0.717) is 12.1 Å². The molecule has 0 heterocycles. The van der Waals surface area contributed by atoms with Crippen LogP contribution in [0.25, 0.3) is 0 Å². The Kier molecular flexibility index (Phi) is 4.72. The summed E-state index contributed by atoms with van der Waals surface area (Å²) in [5, 5.41) is 11.7. The standard InChI is InChI=1S/C17H17NO3/c1-2-12-5-3-4-6-15(12)11-18-16(19)13-7-9-14(10-8-13)17(20)21/h3-10H,2,11H2,1H3,(H,18,19)(H,20,21). The molecular weight excluding hydrogens is 266 g/mol. The number of aryl methyl sites for hydroxylation is 1. The highest BCUT2D eigenvalue weighted by Gasteiger charge is 2.08. The molecule has 0 atom stereocenters. The van der Waals surface area contributed by atoms with E-state index in [1.807, 2.05) is 24.3 Å². The minimum Gasteiger partial charge on any atom is -0.478 e. The van der Waals surface area contributed by atoms with E-state index in [1.165, 1.54) is 29.8 Å². The van der Waals surface area contributed by atoms with E-state index < -0.39 is 5.97 Å². The molecule has 2 aromatic carbocycles. The zero-order chi connectivity index (χ0) is 15.2. The van der Waals surface area contributed by atoms with Gasteiger partial charge in [-0.1, -0.05) is 31.2 Å². The lowest BCUT2D eigenvalue weighted by atomic mass is 10.1. The Labute approximate surface area is 123 Å². The highest BCUT2D eigenvalue weighted by atomic mass is 16.4. The van der Waals surface area contributed by atoms with Gasteiger partial charge in [-0.05, 0) is 41.8 Å². The average Bonchev–Trinajstić information content (AvgIpc) is 2.52. The Morgan fingerprint density at radius 3 is 2.10 bits per heavy atom. The molecular formula is C17H17NO3. The van der Waals surface area contributed by atoms with Crippen molar-refractivity contribution in [2.45, 2.75) is 19.9 Å². The minimum absolute atomic E-state index is 0.169. The molecule has 0 bridgehead atoms. The lowest BCUT2D eigenvalue weighted by Crippen LogP contribution is -2.23. The first kappa shape index (κ1) is 14.8. The molecule has 0 unspecified atom stereocenters. The van der Waals surface area contributed by atoms with Crippen molar-refractivity contribution < 1.29 is 14.7 Å². The Balaban J connectivity index is 2.03. The van der Waals surface area contributed by atoms with Crippen LogP contribution in [0, 0.1) is 0 Å². The first-order valence-corrected chi connectivity index (χ1v) is 6.80. The lowest BCUT2D eigenvalue weighted by molar-refractivity contribution is 0.0696. The molecule has 4 nitrogen and oxygen atoms in total. The molecule has 0 radical (unpaired) electrons. The number of carbonyl (C=O) groups is 2. The second-order valence-electron chi connectivity index (χ2n) is 4.69. The van der Waals surface area contributed by atoms with E-state index in [9.17, 15) is 9.59 Å². The van der Waals surface area contributed by atoms with E-state index in [2.05, 4.69) is 12.2 Å². The van der Waals surface area contributed by atoms with Crippen LogP contribution < -0.4 is 5.32 Å². The number of aromatic carboxylic acids is 1. The van der Waals surface area contributed by atoms with Crippen LogP contribution in [0.1, 0.15) is 38.8 Å². The molecule has 0 aliphatic rings. The van der Waals surface area contributed by atoms with E-state index in [0.717, 1.165) is 12.0 Å². The molecule has 0 aromatic heterocycles. The van der Waals surface area contributed by atoms with Gasteiger partial charge in [-0.3, -0.25) is 4.79 Å². The maximum absolute atomic E-state index is 12.0. The zero-order valence-electron chi connectivity index (χ0n) is 11.8. The fourth-order valence-electron chi connectivity index (χ4n) is 2.12. The van der Waals surface area contributed by atoms with Crippen LogP contribution in [-0.4, -0.2) is 17.0 Å². The second-order valence-corrected chi connectivity index (χ2v) is 4.69. The molecule has 0 fully saturated rings. The molecule has 2 aromatic rings. The van der Waals surface area contributed by atoms with Crippen molar-refractivity contribution >= 4 is 11.9 Å². The number of carboxylic acids is 1. The molecule has 1 amide bonds. The number of benzene rings is 2. The number of hydrogen-bond acceptors (Lipinski definition) is 2. The van der Waals surface area contributed by atoms with Gasteiger partial charge in [0.1, 0.15) is 0 Å². The molecule has 0 spiro atoms. The number of amides is 1. The SMILES string of the molecule is CCc1ccccc1CNC(=O)c1ccc(C(=O)O)cc1. The predicted octanol–water partition coefficient (Wildman–Crippen LogP) is 2.88. The summed E-state index contributed by atoms with van der Waals surface area (Å²) in [5.41, 5.74) is 2.92. The Morgan fingerprint density at radius 2 is 1.52 bits per heavy atom. The van der Waals surface area contributed by atoms with Crippen molar-refractivity contribution in [2.24, 2.45) is 0 Å². The van der Waals surface area contributed by atoms with Crippen LogP contribution in [0.15, 0.2) is 48.5 Å². The van der Waals surface area contributed by atoms with Crippen LogP contribution >= 0.6 is 0 Å². The van der Waals surface area contributed by atoms with Crippen LogP contribution in [-0.2, 0) is 13.0 Å². The number of carbonyl (C=O) groups excluding carboxylic acids is 1. The highest BCUT2D eigenvalue weighted by Crippen LogP contribution is 2.10. The number of rotatable bonds is 5. The fraction of sp³-hybridized carbons (Fsp3) is 0.176. The zero-order valence-corrected chi connectivity index (χ0v) is 11.8. The van der Waals surface area contributed by atoms with E-state index in [4.69, 9.17) is 5.11 Å². The van der Waals surface area contributed by atoms with Gasteiger partial charge in [0.05, 0.1) is 5.56 Å². The molecule has 0 aliphatic carbocycles. The van der Waals surface area contributed by atoms with Crippen LogP contribution in [0.4, 0.5) is 0 Å². The summed E-state index contributed by atoms with van der Waals surface area (Å²) in [5.74, 6) is -1.21. The Bertz CT molecular complexity index is 647. The first-order valence-electron chi connectivity index (χ1n) is 6.80. The molecule has 108 valence electrons. The lowest BCUT2D eigenvalue weighted by Gasteiger charge is -2.09. The van der Waals surface area contributed by atoms with Crippen molar-refractivity contribution in [1.29, 1.82) is 0 Å². The van der Waals surface area contributed by atoms with Gasteiger partial charge in [-0.2, -0.15) is 0 Å². The summed E-state index contributed by atoms with van der Waals surface area (Å²) in [6, 6.07) is 13.9. The van der Waals surface area contributed by atoms with Gasteiger partial charge in [0.25, 0.3) is 5.91 Å². The maximum atomic E-state index is 12.0. The number of nitrogens with one attached hydrogen (secondary N) is 1. The molecule has 0 saturated heterocycles. The third-order valence-corrected chi connectivity index (χ3v) is 3.33. The first-order chi connectivity index (χ1) is 10.1. The smallest absolute Gasteiger partial charge is 0.335 e. The molecule has 0 aliphatic heterocycles. The molecule has 2 rings (SSSR count). The molecule has 0 saturated carbocycles. The van der Waals surface area contributed by atoms with Crippen molar-refractivity contribution in [1.82, 2.24) is 5.32 Å². The van der Waals surface area contributed by atoms with Crippen LogP contribution in [0.5, 0.6) is 0 Å².